The van der Waals surface area contributed by atoms with E-state index in [0.717, 1.165) is 12.0 Å². The summed E-state index contributed by atoms with van der Waals surface area (Å²) in [5.41, 5.74) is 0.575. The first-order valence-electron chi connectivity index (χ1n) is 7.75. The Bertz CT molecular complexity index is 204. The maximum Gasteiger partial charge on any atom is 0.0100 e. The number of rotatable bonds is 1. The molecule has 0 radical (unpaired) electrons. The zero-order valence-corrected chi connectivity index (χ0v) is 12.8. The molecule has 2 aliphatic rings. The van der Waals surface area contributed by atoms with Gasteiger partial charge in [0.1, 0.15) is 0 Å². The number of nitrogens with zero attached hydrogens (tertiary/aromatic N) is 1. The third kappa shape index (κ3) is 4.28. The van der Waals surface area contributed by atoms with Crippen LogP contribution in [0.25, 0.3) is 0 Å². The van der Waals surface area contributed by atoms with E-state index in [4.69, 9.17) is 0 Å². The van der Waals surface area contributed by atoms with Gasteiger partial charge in [-0.1, -0.05) is 41.0 Å². The van der Waals surface area contributed by atoms with Gasteiger partial charge in [0.25, 0.3) is 0 Å². The highest BCUT2D eigenvalue weighted by atomic mass is 15.2. The Morgan fingerprint density at radius 1 is 1.06 bits per heavy atom. The molecular formula is C16H33N. The average Bonchev–Trinajstić information content (AvgIpc) is 2.76. The largest absolute Gasteiger partial charge is 0.300 e. The highest BCUT2D eigenvalue weighted by molar-refractivity contribution is 4.89. The molecule has 0 amide bonds. The molecule has 0 aromatic rings. The van der Waals surface area contributed by atoms with E-state index < -0.39 is 0 Å². The van der Waals surface area contributed by atoms with Crippen molar-refractivity contribution in [3.8, 4) is 0 Å². The van der Waals surface area contributed by atoms with Crippen LogP contribution in [0.4, 0.5) is 0 Å². The van der Waals surface area contributed by atoms with Crippen molar-refractivity contribution < 1.29 is 0 Å². The molecule has 0 N–H and O–H groups in total. The summed E-state index contributed by atoms with van der Waals surface area (Å²) in [5.74, 6) is 0.918. The third-order valence-corrected chi connectivity index (χ3v) is 4.69. The van der Waals surface area contributed by atoms with Crippen LogP contribution >= 0.6 is 0 Å². The van der Waals surface area contributed by atoms with Crippen LogP contribution in [0.3, 0.4) is 0 Å². The van der Waals surface area contributed by atoms with Crippen LogP contribution in [-0.2, 0) is 0 Å². The van der Waals surface area contributed by atoms with Gasteiger partial charge in [-0.3, -0.25) is 0 Å². The Labute approximate surface area is 109 Å². The Balaban J connectivity index is 0.000000437. The van der Waals surface area contributed by atoms with Gasteiger partial charge in [0.15, 0.2) is 0 Å². The summed E-state index contributed by atoms with van der Waals surface area (Å²) >= 11 is 0. The third-order valence-electron chi connectivity index (χ3n) is 4.69. The summed E-state index contributed by atoms with van der Waals surface area (Å²) in [7, 11) is 0. The minimum Gasteiger partial charge on any atom is -0.300 e. The number of hydrogen-bond acceptors (Lipinski definition) is 1. The van der Waals surface area contributed by atoms with Crippen LogP contribution < -0.4 is 0 Å². The van der Waals surface area contributed by atoms with Crippen molar-refractivity contribution in [2.24, 2.45) is 11.3 Å². The maximum atomic E-state index is 2.74. The SMILES string of the molecule is CCC.C[C@H]1CC[C@H](N2CCCC2)CC1(C)C. The average molecular weight is 239 g/mol. The van der Waals surface area contributed by atoms with Crippen molar-refractivity contribution in [2.75, 3.05) is 13.1 Å². The van der Waals surface area contributed by atoms with Crippen LogP contribution in [0.1, 0.15) is 73.1 Å². The fourth-order valence-corrected chi connectivity index (χ4v) is 3.16. The van der Waals surface area contributed by atoms with Crippen molar-refractivity contribution in [1.82, 2.24) is 4.90 Å². The lowest BCUT2D eigenvalue weighted by atomic mass is 9.68. The van der Waals surface area contributed by atoms with Crippen LogP contribution in [0.5, 0.6) is 0 Å². The first kappa shape index (κ1) is 15.0. The summed E-state index contributed by atoms with van der Waals surface area (Å²) < 4.78 is 0. The Morgan fingerprint density at radius 3 is 2.06 bits per heavy atom. The molecule has 2 atom stereocenters. The smallest absolute Gasteiger partial charge is 0.0100 e. The van der Waals surface area contributed by atoms with Crippen LogP contribution in [0.15, 0.2) is 0 Å². The molecule has 102 valence electrons. The molecule has 1 saturated carbocycles. The molecular weight excluding hydrogens is 206 g/mol. The summed E-state index contributed by atoms with van der Waals surface area (Å²) in [6.45, 7) is 14.3. The second-order valence-electron chi connectivity index (χ2n) is 6.78. The van der Waals surface area contributed by atoms with Crippen LogP contribution in [0.2, 0.25) is 0 Å². The Morgan fingerprint density at radius 2 is 1.59 bits per heavy atom. The molecule has 1 saturated heterocycles. The molecule has 1 nitrogen and oxygen atoms in total. The minimum absolute atomic E-state index is 0.575. The van der Waals surface area contributed by atoms with Crippen LogP contribution in [0, 0.1) is 11.3 Å². The van der Waals surface area contributed by atoms with E-state index in [0.29, 0.717) is 5.41 Å². The van der Waals surface area contributed by atoms with Crippen LogP contribution in [-0.4, -0.2) is 24.0 Å². The zero-order valence-electron chi connectivity index (χ0n) is 12.8. The number of likely N-dealkylation sites (tertiary alicyclic amines) is 1. The molecule has 0 aromatic heterocycles. The number of hydrogen-bond donors (Lipinski definition) is 0. The lowest BCUT2D eigenvalue weighted by molar-refractivity contribution is 0.0677. The van der Waals surface area contributed by atoms with Gasteiger partial charge in [0.05, 0.1) is 0 Å². The molecule has 2 fully saturated rings. The molecule has 1 aliphatic heterocycles. The van der Waals surface area contributed by atoms with E-state index in [1.165, 1.54) is 51.6 Å². The molecule has 0 aromatic carbocycles. The van der Waals surface area contributed by atoms with Crippen molar-refractivity contribution in [2.45, 2.75) is 79.2 Å². The second kappa shape index (κ2) is 6.78. The molecule has 1 heteroatoms. The predicted molar refractivity (Wildman–Crippen MR) is 77.4 cm³/mol. The summed E-state index contributed by atoms with van der Waals surface area (Å²) in [5, 5.41) is 0. The van der Waals surface area contributed by atoms with Crippen molar-refractivity contribution >= 4 is 0 Å². The highest BCUT2D eigenvalue weighted by Gasteiger charge is 2.36. The van der Waals surface area contributed by atoms with Gasteiger partial charge in [-0.2, -0.15) is 0 Å². The first-order chi connectivity index (χ1) is 8.01. The van der Waals surface area contributed by atoms with Gasteiger partial charge in [-0.05, 0) is 56.5 Å². The monoisotopic (exact) mass is 239 g/mol. The molecule has 0 bridgehead atoms. The van der Waals surface area contributed by atoms with E-state index >= 15 is 0 Å². The van der Waals surface area contributed by atoms with E-state index in [9.17, 15) is 0 Å². The lowest BCUT2D eigenvalue weighted by Crippen LogP contribution is -2.42. The molecule has 1 aliphatic carbocycles. The Hall–Kier alpha value is -0.0400. The fraction of sp³-hybridized carbons (Fsp3) is 1.00. The molecule has 0 spiro atoms. The van der Waals surface area contributed by atoms with Crippen molar-refractivity contribution in [3.05, 3.63) is 0 Å². The van der Waals surface area contributed by atoms with E-state index in [2.05, 4.69) is 39.5 Å². The van der Waals surface area contributed by atoms with Crippen molar-refractivity contribution in [3.63, 3.8) is 0 Å². The lowest BCUT2D eigenvalue weighted by Gasteiger charge is -2.44. The molecule has 1 heterocycles. The van der Waals surface area contributed by atoms with Gasteiger partial charge >= 0.3 is 0 Å². The standard InChI is InChI=1S/C13H25N.C3H8/c1-11-6-7-12(10-13(11,2)3)14-8-4-5-9-14;1-3-2/h11-12H,4-10H2,1-3H3;3H2,1-2H3/t11-,12-;/m0./s1. The second-order valence-corrected chi connectivity index (χ2v) is 6.78. The van der Waals surface area contributed by atoms with Crippen molar-refractivity contribution in [1.29, 1.82) is 0 Å². The highest BCUT2D eigenvalue weighted by Crippen LogP contribution is 2.42. The topological polar surface area (TPSA) is 3.24 Å². The van der Waals surface area contributed by atoms with Gasteiger partial charge in [0, 0.05) is 6.04 Å². The normalized spacial score (nSPS) is 33.0. The zero-order chi connectivity index (χ0) is 12.9. The minimum atomic E-state index is 0.575. The van der Waals surface area contributed by atoms with E-state index in [1.54, 1.807) is 0 Å². The molecule has 17 heavy (non-hydrogen) atoms. The summed E-state index contributed by atoms with van der Waals surface area (Å²) in [6.07, 6.45) is 8.44. The van der Waals surface area contributed by atoms with Gasteiger partial charge < -0.3 is 4.90 Å². The first-order valence-corrected chi connectivity index (χ1v) is 7.75. The summed E-state index contributed by atoms with van der Waals surface area (Å²) in [4.78, 5) is 2.74. The quantitative estimate of drug-likeness (QED) is 0.640. The molecule has 0 unspecified atom stereocenters. The van der Waals surface area contributed by atoms with E-state index in [1.807, 2.05) is 0 Å². The van der Waals surface area contributed by atoms with Gasteiger partial charge in [0.2, 0.25) is 0 Å². The summed E-state index contributed by atoms with van der Waals surface area (Å²) in [6, 6.07) is 0.906. The molecule has 2 rings (SSSR count). The van der Waals surface area contributed by atoms with Gasteiger partial charge in [-0.25, -0.2) is 0 Å². The van der Waals surface area contributed by atoms with Gasteiger partial charge in [-0.15, -0.1) is 0 Å². The maximum absolute atomic E-state index is 2.74. The predicted octanol–water partition coefficient (Wildman–Crippen LogP) is 4.71. The Kier molecular flexibility index (Phi) is 5.99. The van der Waals surface area contributed by atoms with E-state index in [-0.39, 0.29) is 0 Å². The fourth-order valence-electron chi connectivity index (χ4n) is 3.16.